The van der Waals surface area contributed by atoms with Crippen LogP contribution in [0.5, 0.6) is 0 Å². The Hall–Kier alpha value is -4.44. The van der Waals surface area contributed by atoms with Crippen molar-refractivity contribution in [3.8, 4) is 28.5 Å². The van der Waals surface area contributed by atoms with Gasteiger partial charge in [0.15, 0.2) is 11.5 Å². The van der Waals surface area contributed by atoms with Crippen LogP contribution in [0.4, 0.5) is 0 Å². The number of nitrogens with one attached hydrogen (secondary N) is 2. The maximum atomic E-state index is 4.73. The van der Waals surface area contributed by atoms with E-state index in [9.17, 15) is 0 Å². The largest absolute Gasteiger partial charge is 0.333 e. The van der Waals surface area contributed by atoms with E-state index in [0.29, 0.717) is 17.2 Å². The first-order valence-corrected chi connectivity index (χ1v) is 10.8. The second kappa shape index (κ2) is 7.85. The predicted octanol–water partition coefficient (Wildman–Crippen LogP) is 3.51. The van der Waals surface area contributed by atoms with Crippen molar-refractivity contribution in [2.24, 2.45) is 0 Å². The van der Waals surface area contributed by atoms with E-state index in [-0.39, 0.29) is 0 Å². The van der Waals surface area contributed by atoms with Gasteiger partial charge in [-0.15, -0.1) is 0 Å². The van der Waals surface area contributed by atoms with Gasteiger partial charge >= 0.3 is 0 Å². The van der Waals surface area contributed by atoms with Gasteiger partial charge in [0.2, 0.25) is 0 Å². The first-order valence-electron chi connectivity index (χ1n) is 10.8. The lowest BCUT2D eigenvalue weighted by Crippen LogP contribution is -2.10. The van der Waals surface area contributed by atoms with E-state index in [2.05, 4.69) is 46.1 Å². The lowest BCUT2D eigenvalue weighted by molar-refractivity contribution is 0.402. The van der Waals surface area contributed by atoms with E-state index in [1.54, 1.807) is 18.7 Å². The number of hydrogen-bond acceptors (Lipinski definition) is 7. The Balaban J connectivity index is 1.45. The summed E-state index contributed by atoms with van der Waals surface area (Å²) in [5, 5.41) is 8.52. The molecule has 2 N–H and O–H groups in total. The summed E-state index contributed by atoms with van der Waals surface area (Å²) in [4.78, 5) is 28.1. The monoisotopic (exact) mass is 450 g/mol. The Labute approximate surface area is 194 Å². The van der Waals surface area contributed by atoms with Gasteiger partial charge in [-0.1, -0.05) is 0 Å². The molecular weight excluding hydrogens is 428 g/mol. The summed E-state index contributed by atoms with van der Waals surface area (Å²) < 4.78 is 1.96. The molecule has 6 aromatic heterocycles. The first-order chi connectivity index (χ1) is 16.5. The van der Waals surface area contributed by atoms with E-state index >= 15 is 0 Å². The number of hydrogen-bond donors (Lipinski definition) is 2. The van der Waals surface area contributed by atoms with Gasteiger partial charge in [0.05, 0.1) is 35.1 Å². The fourth-order valence-corrected chi connectivity index (χ4v) is 4.11. The quantitative estimate of drug-likeness (QED) is 0.413. The molecule has 10 heteroatoms. The fraction of sp³-hybridized carbons (Fsp3) is 0.167. The van der Waals surface area contributed by atoms with Crippen molar-refractivity contribution < 1.29 is 0 Å². The zero-order valence-corrected chi connectivity index (χ0v) is 19.0. The highest BCUT2D eigenvalue weighted by molar-refractivity contribution is 5.95. The molecule has 0 atom stereocenters. The van der Waals surface area contributed by atoms with E-state index in [0.717, 1.165) is 51.2 Å². The number of H-pyrrole nitrogens is 2. The number of fused-ring (bicyclic) bond motifs is 2. The topological polar surface area (TPSA) is 117 Å². The molecule has 34 heavy (non-hydrogen) atoms. The Morgan fingerprint density at radius 2 is 1.97 bits per heavy atom. The number of aromatic nitrogens is 9. The van der Waals surface area contributed by atoms with Gasteiger partial charge < -0.3 is 14.5 Å². The number of imidazole rings is 2. The Morgan fingerprint density at radius 1 is 1.06 bits per heavy atom. The summed E-state index contributed by atoms with van der Waals surface area (Å²) in [5.41, 5.74) is 7.75. The highest BCUT2D eigenvalue weighted by atomic mass is 15.2. The normalized spacial score (nSPS) is 11.8. The average molecular weight is 451 g/mol. The molecule has 0 unspecified atom stereocenters. The number of nitrogens with zero attached hydrogens (tertiary/aromatic N) is 8. The zero-order valence-electron chi connectivity index (χ0n) is 19.0. The highest BCUT2D eigenvalue weighted by Gasteiger charge is 2.17. The Bertz CT molecular complexity index is 1640. The standard InChI is InChI=1S/C24H22N10/c1-14-11-34(13-28-14)20-4-5-26-23-22(20)29-24(30-23)21-17-7-18(27-10-19(17)31-32-21)16-6-15(8-25-9-16)12-33(2)3/h4-11,13H,12H2,1-3H3,(H,31,32)(H,26,29,30). The summed E-state index contributed by atoms with van der Waals surface area (Å²) in [6, 6.07) is 6.07. The third-order valence-electron chi connectivity index (χ3n) is 5.62. The van der Waals surface area contributed by atoms with Gasteiger partial charge in [-0.25, -0.2) is 15.0 Å². The predicted molar refractivity (Wildman–Crippen MR) is 129 cm³/mol. The lowest BCUT2D eigenvalue weighted by Gasteiger charge is -2.10. The molecule has 6 heterocycles. The van der Waals surface area contributed by atoms with Crippen LogP contribution in [-0.4, -0.2) is 63.7 Å². The molecular formula is C24H22N10. The van der Waals surface area contributed by atoms with Gasteiger partial charge in [-0.3, -0.25) is 15.1 Å². The van der Waals surface area contributed by atoms with Crippen molar-refractivity contribution in [2.75, 3.05) is 14.1 Å². The SMILES string of the molecule is Cc1cn(-c2ccnc3nc(-c4n[nH]c5cnc(-c6cncc(CN(C)C)c6)cc45)[nH]c23)cn1. The molecule has 6 aromatic rings. The van der Waals surface area contributed by atoms with Gasteiger partial charge in [-0.2, -0.15) is 5.10 Å². The first kappa shape index (κ1) is 20.2. The Kier molecular flexibility index (Phi) is 4.66. The molecule has 0 fully saturated rings. The number of aryl methyl sites for hydroxylation is 1. The molecule has 0 aliphatic rings. The molecule has 0 aliphatic carbocycles. The maximum Gasteiger partial charge on any atom is 0.180 e. The second-order valence-corrected chi connectivity index (χ2v) is 8.54. The summed E-state index contributed by atoms with van der Waals surface area (Å²) in [6.07, 6.45) is 11.0. The van der Waals surface area contributed by atoms with E-state index in [4.69, 9.17) is 4.98 Å². The summed E-state index contributed by atoms with van der Waals surface area (Å²) >= 11 is 0. The van der Waals surface area contributed by atoms with Crippen molar-refractivity contribution >= 4 is 22.1 Å². The molecule has 6 rings (SSSR count). The molecule has 0 aliphatic heterocycles. The summed E-state index contributed by atoms with van der Waals surface area (Å²) in [7, 11) is 4.08. The second-order valence-electron chi connectivity index (χ2n) is 8.54. The van der Waals surface area contributed by atoms with Crippen LogP contribution in [-0.2, 0) is 6.54 Å². The van der Waals surface area contributed by atoms with Gasteiger partial charge in [0.25, 0.3) is 0 Å². The van der Waals surface area contributed by atoms with Crippen LogP contribution in [0.15, 0.2) is 55.5 Å². The van der Waals surface area contributed by atoms with Crippen molar-refractivity contribution in [1.82, 2.24) is 49.6 Å². The molecule has 0 bridgehead atoms. The van der Waals surface area contributed by atoms with Crippen LogP contribution < -0.4 is 0 Å². The zero-order chi connectivity index (χ0) is 23.2. The maximum absolute atomic E-state index is 4.73. The van der Waals surface area contributed by atoms with Crippen LogP contribution in [0.3, 0.4) is 0 Å². The minimum absolute atomic E-state index is 0.616. The van der Waals surface area contributed by atoms with Gasteiger partial charge in [-0.05, 0) is 44.8 Å². The van der Waals surface area contributed by atoms with Gasteiger partial charge in [0, 0.05) is 42.3 Å². The molecule has 0 amide bonds. The summed E-state index contributed by atoms with van der Waals surface area (Å²) in [6.45, 7) is 2.77. The third kappa shape index (κ3) is 3.50. The smallest absolute Gasteiger partial charge is 0.180 e. The molecule has 10 nitrogen and oxygen atoms in total. The van der Waals surface area contributed by atoms with E-state index in [1.165, 1.54) is 0 Å². The van der Waals surface area contributed by atoms with Crippen molar-refractivity contribution in [1.29, 1.82) is 0 Å². The van der Waals surface area contributed by atoms with Crippen LogP contribution in [0.1, 0.15) is 11.3 Å². The van der Waals surface area contributed by atoms with Crippen LogP contribution in [0, 0.1) is 6.92 Å². The van der Waals surface area contributed by atoms with Crippen molar-refractivity contribution in [3.05, 3.63) is 66.8 Å². The minimum atomic E-state index is 0.616. The van der Waals surface area contributed by atoms with Crippen LogP contribution in [0.2, 0.25) is 0 Å². The fourth-order valence-electron chi connectivity index (χ4n) is 4.11. The van der Waals surface area contributed by atoms with Crippen LogP contribution in [0.25, 0.3) is 50.5 Å². The van der Waals surface area contributed by atoms with Crippen LogP contribution >= 0.6 is 0 Å². The average Bonchev–Trinajstić information content (AvgIpc) is 3.55. The number of pyridine rings is 3. The minimum Gasteiger partial charge on any atom is -0.333 e. The third-order valence-corrected chi connectivity index (χ3v) is 5.62. The van der Waals surface area contributed by atoms with E-state index in [1.807, 2.05) is 56.3 Å². The molecule has 0 aromatic carbocycles. The summed E-state index contributed by atoms with van der Waals surface area (Å²) in [5.74, 6) is 0.634. The number of aromatic amines is 2. The molecule has 0 spiro atoms. The lowest BCUT2D eigenvalue weighted by atomic mass is 10.1. The Morgan fingerprint density at radius 3 is 2.79 bits per heavy atom. The molecule has 168 valence electrons. The van der Waals surface area contributed by atoms with Gasteiger partial charge in [0.1, 0.15) is 11.2 Å². The highest BCUT2D eigenvalue weighted by Crippen LogP contribution is 2.30. The molecule has 0 saturated heterocycles. The van der Waals surface area contributed by atoms with Crippen molar-refractivity contribution in [3.63, 3.8) is 0 Å². The van der Waals surface area contributed by atoms with E-state index < -0.39 is 0 Å². The molecule has 0 radical (unpaired) electrons. The van der Waals surface area contributed by atoms with Crippen molar-refractivity contribution in [2.45, 2.75) is 13.5 Å². The molecule has 0 saturated carbocycles. The number of rotatable bonds is 5.